The SMILES string of the molecule is CSc1nc(-c2ccccc2)c(NC(=O)c2ccc(Br)o2)s1. The number of amides is 1. The van der Waals surface area contributed by atoms with Crippen LogP contribution < -0.4 is 5.32 Å². The minimum atomic E-state index is -0.292. The van der Waals surface area contributed by atoms with Crippen molar-refractivity contribution < 1.29 is 9.21 Å². The second-order valence-corrected chi connectivity index (χ2v) is 7.12. The fraction of sp³-hybridized carbons (Fsp3) is 0.0667. The van der Waals surface area contributed by atoms with E-state index in [0.717, 1.165) is 15.6 Å². The van der Waals surface area contributed by atoms with Gasteiger partial charge in [0.15, 0.2) is 14.8 Å². The summed E-state index contributed by atoms with van der Waals surface area (Å²) in [6, 6.07) is 13.1. The van der Waals surface area contributed by atoms with E-state index in [9.17, 15) is 4.79 Å². The number of thiazole rings is 1. The van der Waals surface area contributed by atoms with E-state index in [-0.39, 0.29) is 11.7 Å². The fourth-order valence-electron chi connectivity index (χ4n) is 1.87. The number of nitrogens with one attached hydrogen (secondary N) is 1. The van der Waals surface area contributed by atoms with E-state index in [1.165, 1.54) is 11.3 Å². The van der Waals surface area contributed by atoms with Gasteiger partial charge in [-0.1, -0.05) is 53.4 Å². The molecule has 1 aromatic carbocycles. The third kappa shape index (κ3) is 3.26. The maximum absolute atomic E-state index is 12.3. The molecule has 0 atom stereocenters. The monoisotopic (exact) mass is 394 g/mol. The van der Waals surface area contributed by atoms with Crippen molar-refractivity contribution in [2.75, 3.05) is 11.6 Å². The third-order valence-corrected chi connectivity index (χ3v) is 5.24. The number of rotatable bonds is 4. The lowest BCUT2D eigenvalue weighted by molar-refractivity contribution is 0.0996. The van der Waals surface area contributed by atoms with E-state index in [1.54, 1.807) is 23.9 Å². The number of carbonyl (C=O) groups excluding carboxylic acids is 1. The number of nitrogens with zero attached hydrogens (tertiary/aromatic N) is 1. The van der Waals surface area contributed by atoms with Gasteiger partial charge >= 0.3 is 0 Å². The van der Waals surface area contributed by atoms with E-state index in [2.05, 4.69) is 26.2 Å². The number of halogens is 1. The van der Waals surface area contributed by atoms with Crippen LogP contribution in [0.5, 0.6) is 0 Å². The number of thioether (sulfide) groups is 1. The van der Waals surface area contributed by atoms with E-state index in [4.69, 9.17) is 4.42 Å². The van der Waals surface area contributed by atoms with Crippen LogP contribution in [0.15, 0.2) is 55.9 Å². The summed E-state index contributed by atoms with van der Waals surface area (Å²) in [5.74, 6) is -0.0378. The summed E-state index contributed by atoms with van der Waals surface area (Å²) in [4.78, 5) is 16.8. The van der Waals surface area contributed by atoms with Crippen molar-refractivity contribution in [1.29, 1.82) is 0 Å². The molecule has 0 unspecified atom stereocenters. The van der Waals surface area contributed by atoms with Crippen molar-refractivity contribution in [2.45, 2.75) is 4.34 Å². The first kappa shape index (κ1) is 15.3. The Kier molecular flexibility index (Phi) is 4.66. The number of furan rings is 1. The summed E-state index contributed by atoms with van der Waals surface area (Å²) in [5, 5.41) is 3.60. The zero-order chi connectivity index (χ0) is 15.5. The largest absolute Gasteiger partial charge is 0.444 e. The van der Waals surface area contributed by atoms with E-state index < -0.39 is 0 Å². The van der Waals surface area contributed by atoms with Gasteiger partial charge in [0.05, 0.1) is 0 Å². The second-order valence-electron chi connectivity index (χ2n) is 4.29. The minimum absolute atomic E-state index is 0.255. The molecule has 0 aliphatic heterocycles. The van der Waals surface area contributed by atoms with Crippen molar-refractivity contribution in [3.05, 3.63) is 52.9 Å². The first-order chi connectivity index (χ1) is 10.7. The topological polar surface area (TPSA) is 55.1 Å². The van der Waals surface area contributed by atoms with Gasteiger partial charge in [-0.15, -0.1) is 0 Å². The van der Waals surface area contributed by atoms with Crippen LogP contribution >= 0.6 is 39.0 Å². The van der Waals surface area contributed by atoms with Gasteiger partial charge in [-0.25, -0.2) is 4.98 Å². The Bertz CT molecular complexity index is 799. The molecule has 0 bridgehead atoms. The van der Waals surface area contributed by atoms with Crippen molar-refractivity contribution in [3.63, 3.8) is 0 Å². The van der Waals surface area contributed by atoms with Crippen LogP contribution in [-0.4, -0.2) is 17.1 Å². The van der Waals surface area contributed by atoms with E-state index in [0.29, 0.717) is 9.67 Å². The van der Waals surface area contributed by atoms with E-state index in [1.807, 2.05) is 36.6 Å². The van der Waals surface area contributed by atoms with Gasteiger partial charge in [-0.2, -0.15) is 0 Å². The summed E-state index contributed by atoms with van der Waals surface area (Å²) >= 11 is 6.19. The predicted molar refractivity (Wildman–Crippen MR) is 93.7 cm³/mol. The fourth-order valence-corrected chi connectivity index (χ4v) is 3.65. The Hall–Kier alpha value is -1.57. The number of hydrogen-bond acceptors (Lipinski definition) is 5. The van der Waals surface area contributed by atoms with Crippen LogP contribution in [0.4, 0.5) is 5.00 Å². The van der Waals surface area contributed by atoms with Crippen molar-refractivity contribution in [2.24, 2.45) is 0 Å². The maximum atomic E-state index is 12.3. The van der Waals surface area contributed by atoms with Crippen molar-refractivity contribution >= 4 is 49.9 Å². The zero-order valence-electron chi connectivity index (χ0n) is 11.5. The van der Waals surface area contributed by atoms with Gasteiger partial charge in [0.25, 0.3) is 5.91 Å². The van der Waals surface area contributed by atoms with Gasteiger partial charge in [0.2, 0.25) is 0 Å². The molecule has 2 aromatic heterocycles. The first-order valence-electron chi connectivity index (χ1n) is 6.34. The van der Waals surface area contributed by atoms with Crippen LogP contribution in [0.3, 0.4) is 0 Å². The highest BCUT2D eigenvalue weighted by molar-refractivity contribution is 9.10. The van der Waals surface area contributed by atoms with Gasteiger partial charge in [-0.05, 0) is 34.3 Å². The summed E-state index contributed by atoms with van der Waals surface area (Å²) in [6.07, 6.45) is 1.96. The average molecular weight is 395 g/mol. The maximum Gasteiger partial charge on any atom is 0.292 e. The lowest BCUT2D eigenvalue weighted by atomic mass is 10.2. The van der Waals surface area contributed by atoms with E-state index >= 15 is 0 Å². The number of anilines is 1. The van der Waals surface area contributed by atoms with Crippen LogP contribution in [-0.2, 0) is 0 Å². The molecule has 2 heterocycles. The molecule has 0 spiro atoms. The number of carbonyl (C=O) groups is 1. The Morgan fingerprint density at radius 2 is 2.05 bits per heavy atom. The normalized spacial score (nSPS) is 10.6. The van der Waals surface area contributed by atoms with Crippen LogP contribution in [0, 0.1) is 0 Å². The highest BCUT2D eigenvalue weighted by Crippen LogP contribution is 2.37. The molecule has 3 aromatic rings. The van der Waals surface area contributed by atoms with Gasteiger partial charge in [0, 0.05) is 5.56 Å². The third-order valence-electron chi connectivity index (χ3n) is 2.85. The Morgan fingerprint density at radius 3 is 2.68 bits per heavy atom. The minimum Gasteiger partial charge on any atom is -0.444 e. The lowest BCUT2D eigenvalue weighted by Crippen LogP contribution is -2.10. The summed E-state index contributed by atoms with van der Waals surface area (Å²) in [7, 11) is 0. The summed E-state index contributed by atoms with van der Waals surface area (Å²) in [6.45, 7) is 0. The van der Waals surface area contributed by atoms with Crippen LogP contribution in [0.1, 0.15) is 10.6 Å². The van der Waals surface area contributed by atoms with Crippen molar-refractivity contribution in [1.82, 2.24) is 4.98 Å². The molecule has 7 heteroatoms. The van der Waals surface area contributed by atoms with Gasteiger partial charge in [0.1, 0.15) is 10.7 Å². The highest BCUT2D eigenvalue weighted by atomic mass is 79.9. The summed E-state index contributed by atoms with van der Waals surface area (Å²) in [5.41, 5.74) is 1.74. The number of benzene rings is 1. The molecule has 112 valence electrons. The Balaban J connectivity index is 1.93. The molecule has 0 saturated heterocycles. The molecule has 1 amide bonds. The quantitative estimate of drug-likeness (QED) is 0.622. The predicted octanol–water partition coefficient (Wildman–Crippen LogP) is 5.14. The molecule has 3 rings (SSSR count). The Labute approximate surface area is 144 Å². The lowest BCUT2D eigenvalue weighted by Gasteiger charge is -2.03. The molecule has 0 radical (unpaired) electrons. The number of aromatic nitrogens is 1. The second kappa shape index (κ2) is 6.68. The standard InChI is InChI=1S/C15H11BrN2O2S2/c1-21-15-17-12(9-5-3-2-4-6-9)14(22-15)18-13(19)10-7-8-11(16)20-10/h2-8H,1H3,(H,18,19). The highest BCUT2D eigenvalue weighted by Gasteiger charge is 2.17. The molecule has 0 fully saturated rings. The molecular weight excluding hydrogens is 384 g/mol. The van der Waals surface area contributed by atoms with Gasteiger partial charge < -0.3 is 9.73 Å². The molecule has 0 aliphatic carbocycles. The number of hydrogen-bond donors (Lipinski definition) is 1. The molecule has 22 heavy (non-hydrogen) atoms. The van der Waals surface area contributed by atoms with Crippen LogP contribution in [0.25, 0.3) is 11.3 Å². The molecule has 0 aliphatic rings. The molecular formula is C15H11BrN2O2S2. The smallest absolute Gasteiger partial charge is 0.292 e. The van der Waals surface area contributed by atoms with Crippen LogP contribution in [0.2, 0.25) is 0 Å². The van der Waals surface area contributed by atoms with Crippen molar-refractivity contribution in [3.8, 4) is 11.3 Å². The summed E-state index contributed by atoms with van der Waals surface area (Å²) < 4.78 is 6.70. The zero-order valence-corrected chi connectivity index (χ0v) is 14.7. The molecule has 1 N–H and O–H groups in total. The Morgan fingerprint density at radius 1 is 1.27 bits per heavy atom. The molecule has 0 saturated carbocycles. The first-order valence-corrected chi connectivity index (χ1v) is 9.17. The molecule has 4 nitrogen and oxygen atoms in total. The average Bonchev–Trinajstić information content (AvgIpc) is 3.14. The van der Waals surface area contributed by atoms with Gasteiger partial charge in [-0.3, -0.25) is 4.79 Å².